The minimum absolute atomic E-state index is 0.117. The molecule has 1 aliphatic heterocycles. The van der Waals surface area contributed by atoms with E-state index < -0.39 is 15.9 Å². The average Bonchev–Trinajstić information content (AvgIpc) is 3.34. The molecule has 0 radical (unpaired) electrons. The molecule has 0 atom stereocenters. The summed E-state index contributed by atoms with van der Waals surface area (Å²) in [6, 6.07) is 13.0. The zero-order valence-electron chi connectivity index (χ0n) is 16.4. The summed E-state index contributed by atoms with van der Waals surface area (Å²) in [6.45, 7) is 1.11. The van der Waals surface area contributed by atoms with E-state index in [1.165, 1.54) is 27.4 Å². The van der Waals surface area contributed by atoms with Gasteiger partial charge in [-0.05, 0) is 52.9 Å². The number of morpholine rings is 1. The Hall–Kier alpha value is -3.35. The molecule has 2 heterocycles. The predicted octanol–water partition coefficient (Wildman–Crippen LogP) is 0.701. The Labute approximate surface area is 178 Å². The summed E-state index contributed by atoms with van der Waals surface area (Å²) in [6.07, 6.45) is 1.47. The van der Waals surface area contributed by atoms with E-state index >= 15 is 0 Å². The molecule has 0 aliphatic carbocycles. The van der Waals surface area contributed by atoms with Gasteiger partial charge in [-0.15, -0.1) is 5.10 Å². The number of aromatic nitrogens is 4. The summed E-state index contributed by atoms with van der Waals surface area (Å²) < 4.78 is 39.1. The van der Waals surface area contributed by atoms with Crippen LogP contribution >= 0.6 is 0 Å². The maximum absolute atomic E-state index is 12.8. The van der Waals surface area contributed by atoms with Crippen LogP contribution in [-0.2, 0) is 19.6 Å². The standard InChI is InChI=1S/C19H20N6O5S/c26-19(13-30-17-6-4-16(5-7-17)25-14-20-22-23-25)21-15-2-1-3-18(12-15)31(27,28)24-8-10-29-11-9-24/h1-7,12,14H,8-11,13H2,(H,21,26). The van der Waals surface area contributed by atoms with Crippen LogP contribution in [0.2, 0.25) is 0 Å². The van der Waals surface area contributed by atoms with Crippen molar-refractivity contribution >= 4 is 21.6 Å². The smallest absolute Gasteiger partial charge is 0.262 e. The fourth-order valence-electron chi connectivity index (χ4n) is 2.99. The highest BCUT2D eigenvalue weighted by Crippen LogP contribution is 2.21. The molecule has 1 saturated heterocycles. The minimum atomic E-state index is -3.64. The maximum Gasteiger partial charge on any atom is 0.262 e. The zero-order valence-corrected chi connectivity index (χ0v) is 17.2. The Morgan fingerprint density at radius 1 is 1.13 bits per heavy atom. The Balaban J connectivity index is 1.35. The first kappa shape index (κ1) is 20.9. The molecule has 1 amide bonds. The molecular weight excluding hydrogens is 424 g/mol. The van der Waals surface area contributed by atoms with Crippen LogP contribution < -0.4 is 10.1 Å². The lowest BCUT2D eigenvalue weighted by Gasteiger charge is -2.26. The van der Waals surface area contributed by atoms with E-state index in [1.54, 1.807) is 36.4 Å². The van der Waals surface area contributed by atoms with Gasteiger partial charge < -0.3 is 14.8 Å². The van der Waals surface area contributed by atoms with Crippen molar-refractivity contribution in [3.63, 3.8) is 0 Å². The number of benzene rings is 2. The molecule has 11 nitrogen and oxygen atoms in total. The number of carbonyl (C=O) groups is 1. The maximum atomic E-state index is 12.8. The highest BCUT2D eigenvalue weighted by atomic mass is 32.2. The number of ether oxygens (including phenoxy) is 2. The Bertz CT molecular complexity index is 1130. The number of anilines is 1. The fourth-order valence-corrected chi connectivity index (χ4v) is 4.45. The number of nitrogens with one attached hydrogen (secondary N) is 1. The van der Waals surface area contributed by atoms with Crippen molar-refractivity contribution in [2.24, 2.45) is 0 Å². The first-order valence-electron chi connectivity index (χ1n) is 9.46. The number of carbonyl (C=O) groups excluding carboxylic acids is 1. The second-order valence-electron chi connectivity index (χ2n) is 6.63. The van der Waals surface area contributed by atoms with Crippen molar-refractivity contribution in [3.8, 4) is 11.4 Å². The van der Waals surface area contributed by atoms with Crippen molar-refractivity contribution in [1.82, 2.24) is 24.5 Å². The van der Waals surface area contributed by atoms with Crippen molar-refractivity contribution < 1.29 is 22.7 Å². The lowest BCUT2D eigenvalue weighted by molar-refractivity contribution is -0.118. The lowest BCUT2D eigenvalue weighted by atomic mass is 10.3. The molecule has 2 aromatic carbocycles. The lowest BCUT2D eigenvalue weighted by Crippen LogP contribution is -2.40. The minimum Gasteiger partial charge on any atom is -0.484 e. The van der Waals surface area contributed by atoms with Crippen LogP contribution in [0.4, 0.5) is 5.69 Å². The topological polar surface area (TPSA) is 129 Å². The Morgan fingerprint density at radius 2 is 1.90 bits per heavy atom. The van der Waals surface area contributed by atoms with Gasteiger partial charge in [0, 0.05) is 18.8 Å². The monoisotopic (exact) mass is 444 g/mol. The van der Waals surface area contributed by atoms with Gasteiger partial charge in [-0.1, -0.05) is 6.07 Å². The second kappa shape index (κ2) is 9.20. The molecule has 12 heteroatoms. The van der Waals surface area contributed by atoms with Crippen LogP contribution in [0.5, 0.6) is 5.75 Å². The van der Waals surface area contributed by atoms with Gasteiger partial charge in [0.2, 0.25) is 10.0 Å². The van der Waals surface area contributed by atoms with E-state index in [1.807, 2.05) is 0 Å². The van der Waals surface area contributed by atoms with Gasteiger partial charge in [0.05, 0.1) is 23.8 Å². The van der Waals surface area contributed by atoms with Crippen LogP contribution in [0.3, 0.4) is 0 Å². The number of amides is 1. The second-order valence-corrected chi connectivity index (χ2v) is 8.57. The van der Waals surface area contributed by atoms with E-state index in [-0.39, 0.29) is 11.5 Å². The molecular formula is C19H20N6O5S. The predicted molar refractivity (Wildman–Crippen MR) is 109 cm³/mol. The number of hydrogen-bond acceptors (Lipinski definition) is 8. The normalized spacial score (nSPS) is 14.8. The number of rotatable bonds is 7. The molecule has 1 aliphatic rings. The largest absolute Gasteiger partial charge is 0.484 e. The van der Waals surface area contributed by atoms with Gasteiger partial charge in [0.25, 0.3) is 5.91 Å². The van der Waals surface area contributed by atoms with Crippen molar-refractivity contribution in [1.29, 1.82) is 0 Å². The molecule has 0 unspecified atom stereocenters. The summed E-state index contributed by atoms with van der Waals surface area (Å²) in [5, 5.41) is 13.6. The van der Waals surface area contributed by atoms with Crippen molar-refractivity contribution in [2.75, 3.05) is 38.2 Å². The van der Waals surface area contributed by atoms with Gasteiger partial charge >= 0.3 is 0 Å². The third kappa shape index (κ3) is 5.05. The molecule has 31 heavy (non-hydrogen) atoms. The van der Waals surface area contributed by atoms with Gasteiger partial charge in [0.1, 0.15) is 12.1 Å². The third-order valence-corrected chi connectivity index (χ3v) is 6.44. The molecule has 162 valence electrons. The highest BCUT2D eigenvalue weighted by Gasteiger charge is 2.26. The fraction of sp³-hybridized carbons (Fsp3) is 0.263. The Kier molecular flexibility index (Phi) is 6.21. The SMILES string of the molecule is O=C(COc1ccc(-n2cnnn2)cc1)Nc1cccc(S(=O)(=O)N2CCOCC2)c1. The number of tetrazole rings is 1. The highest BCUT2D eigenvalue weighted by molar-refractivity contribution is 7.89. The van der Waals surface area contributed by atoms with Gasteiger partial charge in [-0.3, -0.25) is 4.79 Å². The van der Waals surface area contributed by atoms with E-state index in [0.29, 0.717) is 37.7 Å². The van der Waals surface area contributed by atoms with Crippen LogP contribution in [-0.4, -0.2) is 71.7 Å². The average molecular weight is 444 g/mol. The Morgan fingerprint density at radius 3 is 2.61 bits per heavy atom. The van der Waals surface area contributed by atoms with Gasteiger partial charge in [-0.2, -0.15) is 4.31 Å². The van der Waals surface area contributed by atoms with E-state index in [4.69, 9.17) is 9.47 Å². The summed E-state index contributed by atoms with van der Waals surface area (Å²) in [7, 11) is -3.64. The van der Waals surface area contributed by atoms with E-state index in [2.05, 4.69) is 20.8 Å². The first-order valence-corrected chi connectivity index (χ1v) is 10.9. The van der Waals surface area contributed by atoms with Crippen LogP contribution in [0, 0.1) is 0 Å². The molecule has 0 bridgehead atoms. The van der Waals surface area contributed by atoms with Gasteiger partial charge in [0.15, 0.2) is 6.61 Å². The summed E-state index contributed by atoms with van der Waals surface area (Å²) >= 11 is 0. The first-order chi connectivity index (χ1) is 15.0. The zero-order chi connectivity index (χ0) is 21.7. The number of sulfonamides is 1. The van der Waals surface area contributed by atoms with Crippen LogP contribution in [0.1, 0.15) is 0 Å². The number of nitrogens with zero attached hydrogens (tertiary/aromatic N) is 5. The molecule has 1 fully saturated rings. The molecule has 0 saturated carbocycles. The molecule has 1 aromatic heterocycles. The molecule has 3 aromatic rings. The van der Waals surface area contributed by atoms with Crippen LogP contribution in [0.25, 0.3) is 5.69 Å². The third-order valence-electron chi connectivity index (χ3n) is 4.55. The summed E-state index contributed by atoms with van der Waals surface area (Å²) in [5.74, 6) is 0.0843. The molecule has 1 N–H and O–H groups in total. The van der Waals surface area contributed by atoms with Crippen LogP contribution in [0.15, 0.2) is 59.8 Å². The van der Waals surface area contributed by atoms with Crippen molar-refractivity contribution in [3.05, 3.63) is 54.9 Å². The summed E-state index contributed by atoms with van der Waals surface area (Å²) in [5.41, 5.74) is 1.12. The molecule has 4 rings (SSSR count). The quantitative estimate of drug-likeness (QED) is 0.564. The summed E-state index contributed by atoms with van der Waals surface area (Å²) in [4.78, 5) is 12.4. The number of hydrogen-bond donors (Lipinski definition) is 1. The van der Waals surface area contributed by atoms with E-state index in [0.717, 1.165) is 5.69 Å². The van der Waals surface area contributed by atoms with Crippen molar-refractivity contribution in [2.45, 2.75) is 4.90 Å². The van der Waals surface area contributed by atoms with E-state index in [9.17, 15) is 13.2 Å². The van der Waals surface area contributed by atoms with Gasteiger partial charge in [-0.25, -0.2) is 13.1 Å². The molecule has 0 spiro atoms.